The molecule has 1 atom stereocenters. The molecular weight excluding hydrogens is 200 g/mol. The maximum Gasteiger partial charge on any atom is 0.217 e. The first kappa shape index (κ1) is 9.40. The molecule has 1 aromatic rings. The Morgan fingerprint density at radius 2 is 2.29 bits per heavy atom. The van der Waals surface area contributed by atoms with Crippen LogP contribution in [-0.4, -0.2) is 24.6 Å². The van der Waals surface area contributed by atoms with E-state index in [4.69, 9.17) is 9.47 Å². The van der Waals surface area contributed by atoms with Crippen molar-refractivity contribution in [2.24, 2.45) is 0 Å². The first-order chi connectivity index (χ1) is 6.77. The predicted octanol–water partition coefficient (Wildman–Crippen LogP) is 1.96. The summed E-state index contributed by atoms with van der Waals surface area (Å²) in [6.07, 6.45) is 1.85. The van der Waals surface area contributed by atoms with Crippen molar-refractivity contribution in [1.82, 2.24) is 0 Å². The van der Waals surface area contributed by atoms with E-state index in [0.717, 1.165) is 0 Å². The van der Waals surface area contributed by atoms with Crippen LogP contribution in [0.3, 0.4) is 0 Å². The monoisotopic (exact) mass is 210 g/mol. The highest BCUT2D eigenvalue weighted by molar-refractivity contribution is 7.99. The molecule has 1 unspecified atom stereocenters. The Morgan fingerprint density at radius 3 is 2.93 bits per heavy atom. The standard InChI is InChI=1S/C10H10O3S/c1-12-7-5-3-4-6-8(11)10(14-2)13-9(6)7/h3-5,10H,1-2H3. The Morgan fingerprint density at radius 1 is 1.50 bits per heavy atom. The molecule has 4 heteroatoms. The Kier molecular flexibility index (Phi) is 2.37. The van der Waals surface area contributed by atoms with Crippen LogP contribution in [0.25, 0.3) is 0 Å². The van der Waals surface area contributed by atoms with Crippen LogP contribution in [0.15, 0.2) is 18.2 Å². The number of para-hydroxylation sites is 1. The zero-order chi connectivity index (χ0) is 10.1. The molecule has 0 spiro atoms. The minimum Gasteiger partial charge on any atom is -0.493 e. The summed E-state index contributed by atoms with van der Waals surface area (Å²) in [6.45, 7) is 0. The van der Waals surface area contributed by atoms with Gasteiger partial charge in [-0.25, -0.2) is 0 Å². The molecule has 0 N–H and O–H groups in total. The van der Waals surface area contributed by atoms with Gasteiger partial charge in [-0.2, -0.15) is 0 Å². The normalized spacial score (nSPS) is 19.0. The molecule has 1 heterocycles. The van der Waals surface area contributed by atoms with Gasteiger partial charge in [0.2, 0.25) is 11.2 Å². The highest BCUT2D eigenvalue weighted by Gasteiger charge is 2.33. The van der Waals surface area contributed by atoms with Crippen molar-refractivity contribution in [1.29, 1.82) is 0 Å². The lowest BCUT2D eigenvalue weighted by Gasteiger charge is -2.07. The van der Waals surface area contributed by atoms with E-state index in [2.05, 4.69) is 0 Å². The van der Waals surface area contributed by atoms with Gasteiger partial charge >= 0.3 is 0 Å². The van der Waals surface area contributed by atoms with Gasteiger partial charge in [-0.1, -0.05) is 6.07 Å². The lowest BCUT2D eigenvalue weighted by molar-refractivity contribution is 0.0937. The zero-order valence-corrected chi connectivity index (χ0v) is 8.76. The summed E-state index contributed by atoms with van der Waals surface area (Å²) in [5.74, 6) is 1.21. The van der Waals surface area contributed by atoms with Crippen LogP contribution >= 0.6 is 11.8 Å². The number of methoxy groups -OCH3 is 1. The molecule has 0 radical (unpaired) electrons. The molecule has 1 aliphatic rings. The van der Waals surface area contributed by atoms with Crippen molar-refractivity contribution < 1.29 is 14.3 Å². The SMILES string of the molecule is COc1cccc2c1OC(SC)C2=O. The summed E-state index contributed by atoms with van der Waals surface area (Å²) in [4.78, 5) is 11.7. The van der Waals surface area contributed by atoms with Crippen LogP contribution < -0.4 is 9.47 Å². The van der Waals surface area contributed by atoms with Crippen molar-refractivity contribution in [3.63, 3.8) is 0 Å². The number of fused-ring (bicyclic) bond motifs is 1. The maximum absolute atomic E-state index is 11.7. The number of benzene rings is 1. The van der Waals surface area contributed by atoms with Crippen LogP contribution in [0.5, 0.6) is 11.5 Å². The molecule has 0 fully saturated rings. The lowest BCUT2D eigenvalue weighted by atomic mass is 10.1. The van der Waals surface area contributed by atoms with E-state index in [1.807, 2.05) is 6.26 Å². The number of carbonyl (C=O) groups excluding carboxylic acids is 1. The largest absolute Gasteiger partial charge is 0.493 e. The van der Waals surface area contributed by atoms with E-state index in [9.17, 15) is 4.79 Å². The Hall–Kier alpha value is -1.16. The zero-order valence-electron chi connectivity index (χ0n) is 7.94. The van der Waals surface area contributed by atoms with Crippen LogP contribution in [-0.2, 0) is 0 Å². The number of carbonyl (C=O) groups is 1. The first-order valence-electron chi connectivity index (χ1n) is 4.18. The van der Waals surface area contributed by atoms with E-state index in [0.29, 0.717) is 17.1 Å². The molecule has 0 saturated carbocycles. The molecule has 0 aromatic heterocycles. The number of ketones is 1. The quantitative estimate of drug-likeness (QED) is 0.747. The van der Waals surface area contributed by atoms with Crippen molar-refractivity contribution >= 4 is 17.5 Å². The second-order valence-electron chi connectivity index (χ2n) is 2.89. The fraction of sp³-hybridized carbons (Fsp3) is 0.300. The van der Waals surface area contributed by atoms with E-state index >= 15 is 0 Å². The summed E-state index contributed by atoms with van der Waals surface area (Å²) in [7, 11) is 1.57. The fourth-order valence-electron chi connectivity index (χ4n) is 1.43. The molecule has 3 nitrogen and oxygen atoms in total. The molecule has 74 valence electrons. The number of ether oxygens (including phenoxy) is 2. The second-order valence-corrected chi connectivity index (χ2v) is 3.79. The topological polar surface area (TPSA) is 35.5 Å². The van der Waals surface area contributed by atoms with Gasteiger partial charge in [-0.3, -0.25) is 4.79 Å². The maximum atomic E-state index is 11.7. The second kappa shape index (κ2) is 3.53. The summed E-state index contributed by atoms with van der Waals surface area (Å²) >= 11 is 1.39. The highest BCUT2D eigenvalue weighted by Crippen LogP contribution is 2.39. The van der Waals surface area contributed by atoms with Crippen LogP contribution in [0, 0.1) is 0 Å². The molecule has 0 amide bonds. The third kappa shape index (κ3) is 1.26. The summed E-state index contributed by atoms with van der Waals surface area (Å²) in [5.41, 5.74) is 0.199. The fourth-order valence-corrected chi connectivity index (χ4v) is 1.97. The number of hydrogen-bond donors (Lipinski definition) is 0. The van der Waals surface area contributed by atoms with Crippen molar-refractivity contribution in [3.05, 3.63) is 23.8 Å². The van der Waals surface area contributed by atoms with Crippen molar-refractivity contribution in [3.8, 4) is 11.5 Å². The molecule has 14 heavy (non-hydrogen) atoms. The van der Waals surface area contributed by atoms with Gasteiger partial charge in [0.1, 0.15) is 0 Å². The van der Waals surface area contributed by atoms with Gasteiger partial charge in [0.15, 0.2) is 11.5 Å². The van der Waals surface area contributed by atoms with E-state index in [1.165, 1.54) is 11.8 Å². The summed E-state index contributed by atoms with van der Waals surface area (Å²) in [6, 6.07) is 5.34. The molecular formula is C10H10O3S. The van der Waals surface area contributed by atoms with Gasteiger partial charge in [-0.05, 0) is 18.4 Å². The Bertz CT molecular complexity index is 376. The lowest BCUT2D eigenvalue weighted by Crippen LogP contribution is -2.14. The van der Waals surface area contributed by atoms with Crippen LogP contribution in [0.1, 0.15) is 10.4 Å². The molecule has 2 rings (SSSR count). The third-order valence-corrected chi connectivity index (χ3v) is 2.86. The van der Waals surface area contributed by atoms with Gasteiger partial charge in [0.25, 0.3) is 0 Å². The van der Waals surface area contributed by atoms with Crippen molar-refractivity contribution in [2.75, 3.05) is 13.4 Å². The minimum absolute atomic E-state index is 0.0198. The van der Waals surface area contributed by atoms with E-state index < -0.39 is 5.44 Å². The Balaban J connectivity index is 2.47. The van der Waals surface area contributed by atoms with Crippen LogP contribution in [0.4, 0.5) is 0 Å². The molecule has 1 aliphatic heterocycles. The van der Waals surface area contributed by atoms with Crippen molar-refractivity contribution in [2.45, 2.75) is 5.44 Å². The third-order valence-electron chi connectivity index (χ3n) is 2.12. The summed E-state index contributed by atoms with van der Waals surface area (Å²) < 4.78 is 10.6. The smallest absolute Gasteiger partial charge is 0.217 e. The van der Waals surface area contributed by atoms with Gasteiger partial charge in [0.05, 0.1) is 12.7 Å². The predicted molar refractivity (Wildman–Crippen MR) is 55.3 cm³/mol. The Labute approximate surface area is 86.4 Å². The number of hydrogen-bond acceptors (Lipinski definition) is 4. The number of rotatable bonds is 2. The number of thioether (sulfide) groups is 1. The first-order valence-corrected chi connectivity index (χ1v) is 5.47. The molecule has 0 aliphatic carbocycles. The van der Waals surface area contributed by atoms with E-state index in [-0.39, 0.29) is 5.78 Å². The minimum atomic E-state index is -0.415. The van der Waals surface area contributed by atoms with Crippen LogP contribution in [0.2, 0.25) is 0 Å². The highest BCUT2D eigenvalue weighted by atomic mass is 32.2. The molecule has 1 aromatic carbocycles. The van der Waals surface area contributed by atoms with Gasteiger partial charge < -0.3 is 9.47 Å². The van der Waals surface area contributed by atoms with Gasteiger partial charge in [0, 0.05) is 0 Å². The van der Waals surface area contributed by atoms with Gasteiger partial charge in [-0.15, -0.1) is 11.8 Å². The molecule has 0 bridgehead atoms. The average Bonchev–Trinajstić information content (AvgIpc) is 2.55. The molecule has 0 saturated heterocycles. The average molecular weight is 210 g/mol. The number of Topliss-reactive ketones (excluding diaryl/α,β-unsaturated/α-hetero) is 1. The van der Waals surface area contributed by atoms with E-state index in [1.54, 1.807) is 25.3 Å². The summed E-state index contributed by atoms with van der Waals surface area (Å²) in [5, 5.41) is 0.